The summed E-state index contributed by atoms with van der Waals surface area (Å²) in [6.45, 7) is 4.89. The number of fused-ring (bicyclic) bond motifs is 2. The number of aliphatic carboxylic acids is 1. The first-order valence-electron chi connectivity index (χ1n) is 9.99. The fourth-order valence-corrected chi connectivity index (χ4v) is 5.11. The molecular weight excluding hydrogens is 422 g/mol. The molecule has 2 aliphatic heterocycles. The Morgan fingerprint density at radius 2 is 1.97 bits per heavy atom. The zero-order valence-corrected chi connectivity index (χ0v) is 18.6. The van der Waals surface area contributed by atoms with Crippen LogP contribution in [0.2, 0.25) is 0 Å². The number of likely N-dealkylation sites (tertiary alicyclic amines) is 1. The topological polar surface area (TPSA) is 66.8 Å². The van der Waals surface area contributed by atoms with Crippen LogP contribution in [0.4, 0.5) is 0 Å². The van der Waals surface area contributed by atoms with Gasteiger partial charge in [0, 0.05) is 47.6 Å². The molecule has 30 heavy (non-hydrogen) atoms. The van der Waals surface area contributed by atoms with E-state index < -0.39 is 5.97 Å². The third-order valence-electron chi connectivity index (χ3n) is 5.62. The molecule has 0 atom stereocenters. The molecule has 1 aromatic carbocycles. The number of piperidine rings is 1. The Morgan fingerprint density at radius 3 is 2.67 bits per heavy atom. The van der Waals surface area contributed by atoms with E-state index in [9.17, 15) is 14.7 Å². The second kappa shape index (κ2) is 9.77. The highest BCUT2D eigenvalue weighted by Gasteiger charge is 2.26. The van der Waals surface area contributed by atoms with Crippen LogP contribution in [-0.2, 0) is 22.6 Å². The number of nitrogens with zero attached hydrogens (tertiary/aromatic N) is 1. The van der Waals surface area contributed by atoms with Gasteiger partial charge in [-0.15, -0.1) is 23.7 Å². The maximum Gasteiger partial charge on any atom is 0.307 e. The minimum Gasteiger partial charge on any atom is -0.488 e. The molecule has 0 saturated carbocycles. The lowest BCUT2D eigenvalue weighted by molar-refractivity contribution is -0.136. The van der Waals surface area contributed by atoms with Gasteiger partial charge in [-0.1, -0.05) is 11.6 Å². The molecule has 0 bridgehead atoms. The quantitative estimate of drug-likeness (QED) is 0.727. The summed E-state index contributed by atoms with van der Waals surface area (Å²) >= 11 is 1.73. The van der Waals surface area contributed by atoms with E-state index in [2.05, 4.69) is 16.3 Å². The Balaban J connectivity index is 0.00000256. The van der Waals surface area contributed by atoms with Crippen molar-refractivity contribution in [1.82, 2.24) is 4.90 Å². The van der Waals surface area contributed by atoms with Crippen molar-refractivity contribution in [2.75, 3.05) is 19.6 Å². The van der Waals surface area contributed by atoms with Crippen LogP contribution in [-0.4, -0.2) is 41.4 Å². The van der Waals surface area contributed by atoms with Crippen molar-refractivity contribution in [2.24, 2.45) is 0 Å². The maximum atomic E-state index is 11.3. The zero-order chi connectivity index (χ0) is 20.4. The number of rotatable bonds is 5. The number of halogens is 1. The molecule has 1 aromatic heterocycles. The van der Waals surface area contributed by atoms with E-state index in [-0.39, 0.29) is 24.6 Å². The maximum absolute atomic E-state index is 11.3. The predicted molar refractivity (Wildman–Crippen MR) is 121 cm³/mol. The summed E-state index contributed by atoms with van der Waals surface area (Å²) in [5.41, 5.74) is 5.61. The van der Waals surface area contributed by atoms with Gasteiger partial charge >= 0.3 is 5.97 Å². The first-order valence-corrected chi connectivity index (χ1v) is 10.9. The molecule has 7 heteroatoms. The number of ether oxygens (including phenoxy) is 1. The fourth-order valence-electron chi connectivity index (χ4n) is 4.09. The number of hydrogen-bond acceptors (Lipinski definition) is 5. The van der Waals surface area contributed by atoms with Gasteiger partial charge in [0.25, 0.3) is 0 Å². The van der Waals surface area contributed by atoms with E-state index in [0.717, 1.165) is 49.4 Å². The third kappa shape index (κ3) is 4.94. The second-order valence-electron chi connectivity index (χ2n) is 7.74. The molecule has 0 unspecified atom stereocenters. The van der Waals surface area contributed by atoms with E-state index in [0.29, 0.717) is 13.0 Å². The van der Waals surface area contributed by atoms with E-state index in [1.165, 1.54) is 21.6 Å². The molecule has 0 radical (unpaired) electrons. The Kier molecular flexibility index (Phi) is 7.34. The van der Waals surface area contributed by atoms with Gasteiger partial charge in [-0.2, -0.15) is 0 Å². The summed E-state index contributed by atoms with van der Waals surface area (Å²) in [6.07, 6.45) is 2.52. The highest BCUT2D eigenvalue weighted by molar-refractivity contribution is 7.11. The molecule has 5 nitrogen and oxygen atoms in total. The SMILES string of the molecule is CC(=O)CCN1CCC(=C2c3cc(CC(=O)O)ccc3OCc3ccsc32)CC1.Cl. The monoisotopic (exact) mass is 447 g/mol. The first-order chi connectivity index (χ1) is 14.0. The van der Waals surface area contributed by atoms with Crippen LogP contribution in [0.25, 0.3) is 5.57 Å². The molecule has 0 aliphatic carbocycles. The van der Waals surface area contributed by atoms with Gasteiger partial charge < -0.3 is 14.7 Å². The first kappa shape index (κ1) is 22.5. The lowest BCUT2D eigenvalue weighted by atomic mass is 9.89. The highest BCUT2D eigenvalue weighted by Crippen LogP contribution is 2.43. The Labute approximate surface area is 186 Å². The number of carbonyl (C=O) groups excluding carboxylic acids is 1. The average molecular weight is 448 g/mol. The summed E-state index contributed by atoms with van der Waals surface area (Å²) in [6, 6.07) is 7.86. The smallest absolute Gasteiger partial charge is 0.307 e. The summed E-state index contributed by atoms with van der Waals surface area (Å²) in [4.78, 5) is 26.1. The van der Waals surface area contributed by atoms with Crippen molar-refractivity contribution >= 4 is 41.1 Å². The van der Waals surface area contributed by atoms with Crippen LogP contribution in [0.15, 0.2) is 35.2 Å². The van der Waals surface area contributed by atoms with Crippen LogP contribution in [0.1, 0.15) is 47.8 Å². The number of Topliss-reactive ketones (excluding diaryl/α,β-unsaturated/α-hetero) is 1. The molecule has 2 aromatic rings. The minimum absolute atomic E-state index is 0. The molecule has 4 rings (SSSR count). The average Bonchev–Trinajstić information content (AvgIpc) is 3.09. The van der Waals surface area contributed by atoms with Crippen molar-refractivity contribution in [3.05, 3.63) is 56.8 Å². The number of carboxylic acid groups (broad SMARTS) is 1. The summed E-state index contributed by atoms with van der Waals surface area (Å²) in [5, 5.41) is 11.3. The Bertz CT molecular complexity index is 971. The van der Waals surface area contributed by atoms with Crippen LogP contribution >= 0.6 is 23.7 Å². The molecule has 1 fully saturated rings. The highest BCUT2D eigenvalue weighted by atomic mass is 35.5. The lowest BCUT2D eigenvalue weighted by Crippen LogP contribution is -2.32. The molecular formula is C23H26ClNO4S. The molecule has 2 aliphatic rings. The number of benzene rings is 1. The lowest BCUT2D eigenvalue weighted by Gasteiger charge is -2.29. The van der Waals surface area contributed by atoms with Crippen molar-refractivity contribution in [3.63, 3.8) is 0 Å². The van der Waals surface area contributed by atoms with Crippen LogP contribution in [0, 0.1) is 0 Å². The van der Waals surface area contributed by atoms with Gasteiger partial charge in [0.05, 0.1) is 6.42 Å². The number of hydrogen-bond donors (Lipinski definition) is 1. The van der Waals surface area contributed by atoms with E-state index >= 15 is 0 Å². The fraction of sp³-hybridized carbons (Fsp3) is 0.391. The summed E-state index contributed by atoms with van der Waals surface area (Å²) in [5.74, 6) is 0.228. The van der Waals surface area contributed by atoms with Crippen molar-refractivity contribution in [3.8, 4) is 5.75 Å². The minimum atomic E-state index is -0.829. The Hall–Kier alpha value is -2.15. The number of carbonyl (C=O) groups is 2. The van der Waals surface area contributed by atoms with Gasteiger partial charge in [-0.05, 0) is 48.9 Å². The largest absolute Gasteiger partial charge is 0.488 e. The molecule has 1 N–H and O–H groups in total. The number of thiophene rings is 1. The van der Waals surface area contributed by atoms with Gasteiger partial charge in [-0.3, -0.25) is 9.59 Å². The van der Waals surface area contributed by atoms with E-state index in [1.54, 1.807) is 18.3 Å². The van der Waals surface area contributed by atoms with Crippen molar-refractivity contribution in [2.45, 2.75) is 39.2 Å². The molecule has 0 amide bonds. The number of carboxylic acids is 1. The van der Waals surface area contributed by atoms with Gasteiger partial charge in [-0.25, -0.2) is 0 Å². The molecule has 3 heterocycles. The van der Waals surface area contributed by atoms with E-state index in [1.807, 2.05) is 18.2 Å². The third-order valence-corrected chi connectivity index (χ3v) is 6.59. The van der Waals surface area contributed by atoms with Crippen LogP contribution < -0.4 is 4.74 Å². The van der Waals surface area contributed by atoms with Crippen molar-refractivity contribution in [1.29, 1.82) is 0 Å². The van der Waals surface area contributed by atoms with Crippen LogP contribution in [0.3, 0.4) is 0 Å². The standard InChI is InChI=1S/C23H25NO4S.ClH/c1-15(25)4-8-24-9-5-17(6-10-24)22-19-12-16(13-21(26)27)2-3-20(19)28-14-18-7-11-29-23(18)22;/h2-3,7,11-12H,4-6,8-10,13-14H2,1H3,(H,26,27);1H. The van der Waals surface area contributed by atoms with Crippen molar-refractivity contribution < 1.29 is 19.4 Å². The van der Waals surface area contributed by atoms with Gasteiger partial charge in [0.2, 0.25) is 0 Å². The predicted octanol–water partition coefficient (Wildman–Crippen LogP) is 4.57. The molecule has 0 spiro atoms. The van der Waals surface area contributed by atoms with E-state index in [4.69, 9.17) is 4.74 Å². The molecule has 1 saturated heterocycles. The van der Waals surface area contributed by atoms with Gasteiger partial charge in [0.15, 0.2) is 0 Å². The van der Waals surface area contributed by atoms with Crippen LogP contribution in [0.5, 0.6) is 5.75 Å². The number of ketones is 1. The normalized spacial score (nSPS) is 16.0. The second-order valence-corrected chi connectivity index (χ2v) is 8.65. The zero-order valence-electron chi connectivity index (χ0n) is 17.0. The molecule has 160 valence electrons. The Morgan fingerprint density at radius 1 is 1.20 bits per heavy atom. The summed E-state index contributed by atoms with van der Waals surface area (Å²) < 4.78 is 6.08. The summed E-state index contributed by atoms with van der Waals surface area (Å²) in [7, 11) is 0. The van der Waals surface area contributed by atoms with Gasteiger partial charge in [0.1, 0.15) is 18.1 Å².